The van der Waals surface area contributed by atoms with E-state index in [1.165, 1.54) is 5.56 Å². The second-order valence-corrected chi connectivity index (χ2v) is 4.80. The predicted molar refractivity (Wildman–Crippen MR) is 66.6 cm³/mol. The van der Waals surface area contributed by atoms with Gasteiger partial charge in [0.15, 0.2) is 0 Å². The standard InChI is InChI=1S/C13H18ClNO/c14-8-12-10-15(7-6-13(12)16)9-11-4-2-1-3-5-11/h1-5,12-13,16H,6-10H2/t12-,13+/m1/s1. The van der Waals surface area contributed by atoms with Gasteiger partial charge in [-0.15, -0.1) is 11.6 Å². The van der Waals surface area contributed by atoms with Crippen molar-refractivity contribution in [1.82, 2.24) is 4.90 Å². The number of benzene rings is 1. The van der Waals surface area contributed by atoms with Gasteiger partial charge in [-0.25, -0.2) is 0 Å². The molecule has 0 bridgehead atoms. The first-order valence-electron chi connectivity index (χ1n) is 5.80. The number of hydrogen-bond donors (Lipinski definition) is 1. The largest absolute Gasteiger partial charge is 0.393 e. The van der Waals surface area contributed by atoms with E-state index in [2.05, 4.69) is 29.2 Å². The van der Waals surface area contributed by atoms with Crippen LogP contribution in [0.25, 0.3) is 0 Å². The van der Waals surface area contributed by atoms with Crippen LogP contribution in [0.2, 0.25) is 0 Å². The van der Waals surface area contributed by atoms with Crippen molar-refractivity contribution in [2.24, 2.45) is 5.92 Å². The number of likely N-dealkylation sites (tertiary alicyclic amines) is 1. The topological polar surface area (TPSA) is 23.5 Å². The van der Waals surface area contributed by atoms with Crippen LogP contribution in [0.3, 0.4) is 0 Å². The van der Waals surface area contributed by atoms with E-state index in [1.54, 1.807) is 0 Å². The van der Waals surface area contributed by atoms with E-state index in [1.807, 2.05) is 6.07 Å². The maximum atomic E-state index is 9.74. The number of piperidine rings is 1. The van der Waals surface area contributed by atoms with Crippen molar-refractivity contribution in [2.45, 2.75) is 19.1 Å². The Kier molecular flexibility index (Phi) is 4.22. The SMILES string of the molecule is O[C@H]1CCN(Cc2ccccc2)C[C@H]1CCl. The molecule has 3 heteroatoms. The van der Waals surface area contributed by atoms with E-state index >= 15 is 0 Å². The highest BCUT2D eigenvalue weighted by Gasteiger charge is 2.26. The molecular formula is C13H18ClNO. The maximum Gasteiger partial charge on any atom is 0.0604 e. The van der Waals surface area contributed by atoms with Gasteiger partial charge in [0.25, 0.3) is 0 Å². The first-order chi connectivity index (χ1) is 7.79. The summed E-state index contributed by atoms with van der Waals surface area (Å²) in [4.78, 5) is 2.37. The molecule has 16 heavy (non-hydrogen) atoms. The third kappa shape index (κ3) is 2.97. The smallest absolute Gasteiger partial charge is 0.0604 e. The molecule has 1 N–H and O–H groups in total. The van der Waals surface area contributed by atoms with Gasteiger partial charge in [0.05, 0.1) is 6.10 Å². The minimum atomic E-state index is -0.218. The van der Waals surface area contributed by atoms with Crippen molar-refractivity contribution in [3.05, 3.63) is 35.9 Å². The zero-order valence-corrected chi connectivity index (χ0v) is 10.1. The van der Waals surface area contributed by atoms with E-state index in [-0.39, 0.29) is 12.0 Å². The summed E-state index contributed by atoms with van der Waals surface area (Å²) in [6.45, 7) is 2.82. The molecule has 0 spiro atoms. The Bertz CT molecular complexity index is 317. The molecule has 1 aromatic rings. The highest BCUT2D eigenvalue weighted by molar-refractivity contribution is 6.18. The molecule has 0 aromatic heterocycles. The summed E-state index contributed by atoms with van der Waals surface area (Å²) >= 11 is 5.86. The lowest BCUT2D eigenvalue weighted by Gasteiger charge is -2.35. The molecule has 0 radical (unpaired) electrons. The van der Waals surface area contributed by atoms with E-state index in [4.69, 9.17) is 11.6 Å². The van der Waals surface area contributed by atoms with Crippen LogP contribution in [0, 0.1) is 5.92 Å². The van der Waals surface area contributed by atoms with Gasteiger partial charge < -0.3 is 5.11 Å². The number of hydrogen-bond acceptors (Lipinski definition) is 2. The van der Waals surface area contributed by atoms with Gasteiger partial charge in [-0.2, -0.15) is 0 Å². The molecule has 2 rings (SSSR count). The number of halogens is 1. The van der Waals surface area contributed by atoms with Gasteiger partial charge in [-0.1, -0.05) is 30.3 Å². The van der Waals surface area contributed by atoms with Crippen LogP contribution in [-0.2, 0) is 6.54 Å². The van der Waals surface area contributed by atoms with Gasteiger partial charge in [0.1, 0.15) is 0 Å². The Morgan fingerprint density at radius 3 is 2.75 bits per heavy atom. The molecule has 0 amide bonds. The number of aliphatic hydroxyl groups excluding tert-OH is 1. The Labute approximate surface area is 102 Å². The summed E-state index contributed by atoms with van der Waals surface area (Å²) in [5, 5.41) is 9.74. The molecule has 1 fully saturated rings. The van der Waals surface area contributed by atoms with E-state index in [9.17, 15) is 5.11 Å². The van der Waals surface area contributed by atoms with E-state index in [0.717, 1.165) is 26.1 Å². The second-order valence-electron chi connectivity index (χ2n) is 4.49. The third-order valence-corrected chi connectivity index (χ3v) is 3.62. The van der Waals surface area contributed by atoms with Crippen LogP contribution >= 0.6 is 11.6 Å². The fourth-order valence-electron chi connectivity index (χ4n) is 2.23. The molecule has 1 aliphatic rings. The van der Waals surface area contributed by atoms with Crippen LogP contribution in [0.5, 0.6) is 0 Å². The summed E-state index contributed by atoms with van der Waals surface area (Å²) in [7, 11) is 0. The normalized spacial score (nSPS) is 26.9. The van der Waals surface area contributed by atoms with Crippen LogP contribution in [0.15, 0.2) is 30.3 Å². The van der Waals surface area contributed by atoms with Gasteiger partial charge in [0.2, 0.25) is 0 Å². The summed E-state index contributed by atoms with van der Waals surface area (Å²) < 4.78 is 0. The molecule has 1 saturated heterocycles. The average molecular weight is 240 g/mol. The molecule has 1 heterocycles. The van der Waals surface area contributed by atoms with Crippen molar-refractivity contribution in [3.63, 3.8) is 0 Å². The number of rotatable bonds is 3. The predicted octanol–water partition coefficient (Wildman–Crippen LogP) is 2.11. The zero-order valence-electron chi connectivity index (χ0n) is 9.35. The summed E-state index contributed by atoms with van der Waals surface area (Å²) in [5.41, 5.74) is 1.33. The second kappa shape index (κ2) is 5.67. The van der Waals surface area contributed by atoms with Crippen molar-refractivity contribution >= 4 is 11.6 Å². The van der Waals surface area contributed by atoms with Crippen molar-refractivity contribution < 1.29 is 5.11 Å². The fraction of sp³-hybridized carbons (Fsp3) is 0.538. The molecule has 88 valence electrons. The Morgan fingerprint density at radius 1 is 1.31 bits per heavy atom. The number of aliphatic hydroxyl groups is 1. The first kappa shape index (κ1) is 11.9. The Balaban J connectivity index is 1.92. The van der Waals surface area contributed by atoms with E-state index < -0.39 is 0 Å². The molecule has 2 atom stereocenters. The Hall–Kier alpha value is -0.570. The zero-order chi connectivity index (χ0) is 11.4. The molecule has 2 nitrogen and oxygen atoms in total. The lowest BCUT2D eigenvalue weighted by atomic mass is 9.96. The van der Waals surface area contributed by atoms with Crippen LogP contribution in [0.1, 0.15) is 12.0 Å². The van der Waals surface area contributed by atoms with Crippen molar-refractivity contribution in [1.29, 1.82) is 0 Å². The van der Waals surface area contributed by atoms with Gasteiger partial charge in [0, 0.05) is 31.4 Å². The monoisotopic (exact) mass is 239 g/mol. The van der Waals surface area contributed by atoms with Gasteiger partial charge in [-0.3, -0.25) is 4.90 Å². The Morgan fingerprint density at radius 2 is 2.06 bits per heavy atom. The number of nitrogens with zero attached hydrogens (tertiary/aromatic N) is 1. The number of alkyl halides is 1. The lowest BCUT2D eigenvalue weighted by Crippen LogP contribution is -2.43. The van der Waals surface area contributed by atoms with Crippen LogP contribution < -0.4 is 0 Å². The molecule has 1 aliphatic heterocycles. The van der Waals surface area contributed by atoms with Gasteiger partial charge >= 0.3 is 0 Å². The molecule has 0 saturated carbocycles. The molecule has 0 unspecified atom stereocenters. The van der Waals surface area contributed by atoms with Gasteiger partial charge in [-0.05, 0) is 12.0 Å². The van der Waals surface area contributed by atoms with Crippen LogP contribution in [-0.4, -0.2) is 35.1 Å². The van der Waals surface area contributed by atoms with Crippen LogP contribution in [0.4, 0.5) is 0 Å². The quantitative estimate of drug-likeness (QED) is 0.817. The fourth-order valence-corrected chi connectivity index (χ4v) is 2.54. The summed E-state index contributed by atoms with van der Waals surface area (Å²) in [6.07, 6.45) is 0.619. The minimum absolute atomic E-state index is 0.218. The minimum Gasteiger partial charge on any atom is -0.393 e. The summed E-state index contributed by atoms with van der Waals surface area (Å²) in [5.74, 6) is 0.769. The maximum absolute atomic E-state index is 9.74. The molecule has 1 aromatic carbocycles. The van der Waals surface area contributed by atoms with Crippen molar-refractivity contribution in [2.75, 3.05) is 19.0 Å². The molecular weight excluding hydrogens is 222 g/mol. The average Bonchev–Trinajstić information content (AvgIpc) is 2.33. The highest BCUT2D eigenvalue weighted by atomic mass is 35.5. The summed E-state index contributed by atoms with van der Waals surface area (Å²) in [6, 6.07) is 10.4. The van der Waals surface area contributed by atoms with Crippen molar-refractivity contribution in [3.8, 4) is 0 Å². The van der Waals surface area contributed by atoms with E-state index in [0.29, 0.717) is 5.88 Å². The third-order valence-electron chi connectivity index (χ3n) is 3.23. The lowest BCUT2D eigenvalue weighted by molar-refractivity contribution is 0.0335. The first-order valence-corrected chi connectivity index (χ1v) is 6.33. The molecule has 0 aliphatic carbocycles. The highest BCUT2D eigenvalue weighted by Crippen LogP contribution is 2.20.